The number of nitrogens with one attached hydrogen (secondary N) is 3. The molecule has 0 bridgehead atoms. The van der Waals surface area contributed by atoms with Crippen LogP contribution in [0.2, 0.25) is 0 Å². The van der Waals surface area contributed by atoms with Crippen molar-refractivity contribution in [1.82, 2.24) is 19.3 Å². The van der Waals surface area contributed by atoms with E-state index in [-0.39, 0.29) is 52.5 Å². The molecule has 0 radical (unpaired) electrons. The van der Waals surface area contributed by atoms with Crippen molar-refractivity contribution in [2.75, 3.05) is 50.6 Å². The first-order valence-corrected chi connectivity index (χ1v) is 12.7. The number of nitrogens with zero attached hydrogens (tertiary/aromatic N) is 3. The summed E-state index contributed by atoms with van der Waals surface area (Å²) in [7, 11) is -2.37. The molecule has 196 valence electrons. The third-order valence-corrected chi connectivity index (χ3v) is 7.44. The quantitative estimate of drug-likeness (QED) is 0.404. The average Bonchev–Trinajstić information content (AvgIpc) is 3.28. The summed E-state index contributed by atoms with van der Waals surface area (Å²) in [6.07, 6.45) is -3.73. The number of aromatic nitrogens is 3. The lowest BCUT2D eigenvalue weighted by atomic mass is 10.2. The van der Waals surface area contributed by atoms with Crippen molar-refractivity contribution in [3.63, 3.8) is 0 Å². The number of benzene rings is 1. The second-order valence-electron chi connectivity index (χ2n) is 8.60. The first-order chi connectivity index (χ1) is 17.0. The first kappa shape index (κ1) is 26.0. The molecule has 1 aliphatic heterocycles. The Balaban J connectivity index is 1.69. The van der Waals surface area contributed by atoms with E-state index in [2.05, 4.69) is 25.6 Å². The van der Waals surface area contributed by atoms with Crippen LogP contribution in [0.1, 0.15) is 19.4 Å². The van der Waals surface area contributed by atoms with Crippen molar-refractivity contribution in [3.05, 3.63) is 30.0 Å². The summed E-state index contributed by atoms with van der Waals surface area (Å²) in [6.45, 7) is 5.37. The highest BCUT2D eigenvalue weighted by Crippen LogP contribution is 2.38. The van der Waals surface area contributed by atoms with Gasteiger partial charge in [0.1, 0.15) is 17.2 Å². The maximum absolute atomic E-state index is 13.5. The zero-order valence-electron chi connectivity index (χ0n) is 19.9. The van der Waals surface area contributed by atoms with E-state index >= 15 is 0 Å². The van der Waals surface area contributed by atoms with Crippen LogP contribution in [-0.2, 0) is 20.9 Å². The number of fused-ring (bicyclic) bond motifs is 1. The molecular weight excluding hydrogens is 501 g/mol. The molecule has 3 N–H and O–H groups in total. The van der Waals surface area contributed by atoms with Crippen molar-refractivity contribution in [2.24, 2.45) is 5.92 Å². The number of methoxy groups -OCH3 is 1. The maximum atomic E-state index is 13.5. The van der Waals surface area contributed by atoms with Gasteiger partial charge in [0.15, 0.2) is 0 Å². The molecule has 0 amide bonds. The molecule has 2 aromatic heterocycles. The smallest absolute Gasteiger partial charge is 0.418 e. The fourth-order valence-corrected chi connectivity index (χ4v) is 5.16. The maximum Gasteiger partial charge on any atom is 0.418 e. The Morgan fingerprint density at radius 2 is 1.94 bits per heavy atom. The van der Waals surface area contributed by atoms with Crippen LogP contribution in [-0.4, -0.2) is 67.6 Å². The molecule has 0 unspecified atom stereocenters. The fraction of sp³-hybridized carbons (Fsp3) is 0.455. The standard InChI is InChI=1S/C22H27F3N6O4S/c1-13(2)11-26-19-18-15(22(23,24)25)12-27-20(18)30-21(29-19)28-16-5-4-14(10-17(16)34-3)36(32,33)31-6-8-35-9-7-31/h4-5,10,12-13H,6-9,11H2,1-3H3,(H3,26,27,28,29,30). The van der Waals surface area contributed by atoms with E-state index in [0.29, 0.717) is 25.4 Å². The number of morpholine rings is 1. The Morgan fingerprint density at radius 3 is 2.58 bits per heavy atom. The van der Waals surface area contributed by atoms with E-state index in [4.69, 9.17) is 9.47 Å². The Morgan fingerprint density at radius 1 is 1.22 bits per heavy atom. The number of alkyl halides is 3. The number of aromatic amines is 1. The van der Waals surface area contributed by atoms with Gasteiger partial charge in [-0.1, -0.05) is 13.8 Å². The van der Waals surface area contributed by atoms with Gasteiger partial charge in [0.05, 0.1) is 41.9 Å². The van der Waals surface area contributed by atoms with Crippen molar-refractivity contribution in [3.8, 4) is 5.75 Å². The number of ether oxygens (including phenoxy) is 2. The van der Waals surface area contributed by atoms with E-state index in [1.165, 1.54) is 29.6 Å². The summed E-state index contributed by atoms with van der Waals surface area (Å²) in [5.41, 5.74) is -0.530. The van der Waals surface area contributed by atoms with Gasteiger partial charge < -0.3 is 25.1 Å². The van der Waals surface area contributed by atoms with Crippen LogP contribution in [0, 0.1) is 5.92 Å². The molecule has 1 saturated heterocycles. The minimum atomic E-state index is -4.59. The number of rotatable bonds is 8. The lowest BCUT2D eigenvalue weighted by Crippen LogP contribution is -2.40. The van der Waals surface area contributed by atoms with Gasteiger partial charge in [-0.25, -0.2) is 8.42 Å². The number of hydrogen-bond acceptors (Lipinski definition) is 8. The number of anilines is 3. The molecule has 0 spiro atoms. The van der Waals surface area contributed by atoms with Gasteiger partial charge in [-0.3, -0.25) is 0 Å². The van der Waals surface area contributed by atoms with Crippen molar-refractivity contribution in [1.29, 1.82) is 0 Å². The van der Waals surface area contributed by atoms with Crippen molar-refractivity contribution < 1.29 is 31.1 Å². The molecule has 1 aliphatic rings. The topological polar surface area (TPSA) is 121 Å². The van der Waals surface area contributed by atoms with E-state index in [9.17, 15) is 21.6 Å². The lowest BCUT2D eigenvalue weighted by molar-refractivity contribution is -0.136. The van der Waals surface area contributed by atoms with Crippen LogP contribution >= 0.6 is 0 Å². The minimum absolute atomic E-state index is 0.00318. The molecule has 3 aromatic rings. The van der Waals surface area contributed by atoms with Crippen LogP contribution in [0.25, 0.3) is 11.0 Å². The zero-order valence-corrected chi connectivity index (χ0v) is 20.8. The number of sulfonamides is 1. The molecule has 0 aliphatic carbocycles. The van der Waals surface area contributed by atoms with E-state index < -0.39 is 21.8 Å². The normalized spacial score (nSPS) is 15.4. The number of H-pyrrole nitrogens is 1. The average molecular weight is 529 g/mol. The molecule has 36 heavy (non-hydrogen) atoms. The monoisotopic (exact) mass is 528 g/mol. The van der Waals surface area contributed by atoms with E-state index in [1.54, 1.807) is 0 Å². The second kappa shape index (κ2) is 10.1. The summed E-state index contributed by atoms with van der Waals surface area (Å²) in [4.78, 5) is 11.1. The predicted octanol–water partition coefficient (Wildman–Crippen LogP) is 3.82. The largest absolute Gasteiger partial charge is 0.495 e. The summed E-state index contributed by atoms with van der Waals surface area (Å²) < 4.78 is 78.6. The van der Waals surface area contributed by atoms with Gasteiger partial charge in [-0.05, 0) is 18.1 Å². The third kappa shape index (κ3) is 5.34. The molecular formula is C22H27F3N6O4S. The van der Waals surface area contributed by atoms with Crippen molar-refractivity contribution >= 4 is 38.5 Å². The minimum Gasteiger partial charge on any atom is -0.495 e. The van der Waals surface area contributed by atoms with Gasteiger partial charge in [0.25, 0.3) is 0 Å². The molecule has 4 rings (SSSR count). The highest BCUT2D eigenvalue weighted by Gasteiger charge is 2.35. The van der Waals surface area contributed by atoms with Gasteiger partial charge in [-0.2, -0.15) is 27.4 Å². The molecule has 14 heteroatoms. The molecule has 1 fully saturated rings. The van der Waals surface area contributed by atoms with E-state index in [1.807, 2.05) is 13.8 Å². The summed E-state index contributed by atoms with van der Waals surface area (Å²) in [5, 5.41) is 5.74. The number of hydrogen-bond donors (Lipinski definition) is 3. The van der Waals surface area contributed by atoms with E-state index in [0.717, 1.165) is 6.20 Å². The summed E-state index contributed by atoms with van der Waals surface area (Å²) in [6, 6.07) is 4.29. The Kier molecular flexibility index (Phi) is 7.29. The van der Waals surface area contributed by atoms with Gasteiger partial charge in [-0.15, -0.1) is 0 Å². The van der Waals surface area contributed by atoms with Gasteiger partial charge >= 0.3 is 6.18 Å². The lowest BCUT2D eigenvalue weighted by Gasteiger charge is -2.26. The van der Waals surface area contributed by atoms with Crippen LogP contribution in [0.4, 0.5) is 30.6 Å². The fourth-order valence-electron chi connectivity index (χ4n) is 3.73. The highest BCUT2D eigenvalue weighted by atomic mass is 32.2. The molecule has 3 heterocycles. The van der Waals surface area contributed by atoms with Gasteiger partial charge in [0, 0.05) is 31.9 Å². The molecule has 0 saturated carbocycles. The second-order valence-corrected chi connectivity index (χ2v) is 10.5. The Hall–Kier alpha value is -3.10. The molecule has 1 aromatic carbocycles. The Labute approximate surface area is 206 Å². The predicted molar refractivity (Wildman–Crippen MR) is 128 cm³/mol. The SMILES string of the molecule is COc1cc(S(=O)(=O)N2CCOCC2)ccc1Nc1nc(NCC(C)C)c2c(C(F)(F)F)c[nH]c2n1. The summed E-state index contributed by atoms with van der Waals surface area (Å²) in [5.74, 6) is 0.384. The molecule has 10 nitrogen and oxygen atoms in total. The number of halogens is 3. The van der Waals surface area contributed by atoms with Crippen LogP contribution < -0.4 is 15.4 Å². The van der Waals surface area contributed by atoms with Gasteiger partial charge in [0.2, 0.25) is 16.0 Å². The van der Waals surface area contributed by atoms with Crippen LogP contribution in [0.3, 0.4) is 0 Å². The third-order valence-electron chi connectivity index (χ3n) is 5.54. The Bertz CT molecular complexity index is 1340. The summed E-state index contributed by atoms with van der Waals surface area (Å²) >= 11 is 0. The van der Waals surface area contributed by atoms with Crippen molar-refractivity contribution in [2.45, 2.75) is 24.9 Å². The zero-order chi connectivity index (χ0) is 26.1. The molecule has 0 atom stereocenters. The highest BCUT2D eigenvalue weighted by molar-refractivity contribution is 7.89. The van der Waals surface area contributed by atoms with Crippen LogP contribution in [0.5, 0.6) is 5.75 Å². The first-order valence-electron chi connectivity index (χ1n) is 11.2. The van der Waals surface area contributed by atoms with Crippen LogP contribution in [0.15, 0.2) is 29.3 Å².